The molecule has 3 aromatic rings. The van der Waals surface area contributed by atoms with E-state index in [9.17, 15) is 4.79 Å². The summed E-state index contributed by atoms with van der Waals surface area (Å²) < 4.78 is 5.27. The minimum Gasteiger partial charge on any atom is -0.340 e. The van der Waals surface area contributed by atoms with E-state index in [1.807, 2.05) is 18.4 Å². The Labute approximate surface area is 143 Å². The Balaban J connectivity index is 1.69. The van der Waals surface area contributed by atoms with Crippen molar-refractivity contribution < 1.29 is 9.32 Å². The quantitative estimate of drug-likeness (QED) is 0.762. The number of thiophene rings is 1. The predicted octanol–water partition coefficient (Wildman–Crippen LogP) is 3.81. The van der Waals surface area contributed by atoms with Gasteiger partial charge in [-0.25, -0.2) is 0 Å². The summed E-state index contributed by atoms with van der Waals surface area (Å²) in [6.45, 7) is 6.03. The lowest BCUT2D eigenvalue weighted by Crippen LogP contribution is -2.26. The van der Waals surface area contributed by atoms with E-state index in [0.29, 0.717) is 23.2 Å². The molecule has 0 saturated heterocycles. The van der Waals surface area contributed by atoms with Crippen molar-refractivity contribution in [2.45, 2.75) is 32.7 Å². The van der Waals surface area contributed by atoms with Gasteiger partial charge in [0.1, 0.15) is 6.04 Å². The standard InChI is InChI=1S/C17H18N4O2S/c1-10(2)14-8-13(9-24-14)16(22)19-11(3)17-20-15(21-23-17)12-4-6-18-7-5-12/h4-11H,1-3H3,(H,19,22)/t11-/m0/s1. The van der Waals surface area contributed by atoms with Crippen molar-refractivity contribution in [1.29, 1.82) is 0 Å². The number of nitrogens with zero attached hydrogens (tertiary/aromatic N) is 3. The van der Waals surface area contributed by atoms with Gasteiger partial charge in [0.15, 0.2) is 0 Å². The number of carbonyl (C=O) groups is 1. The van der Waals surface area contributed by atoms with Crippen LogP contribution in [0.15, 0.2) is 40.5 Å². The lowest BCUT2D eigenvalue weighted by atomic mass is 10.1. The van der Waals surface area contributed by atoms with Gasteiger partial charge in [-0.05, 0) is 31.0 Å². The van der Waals surface area contributed by atoms with E-state index in [2.05, 4.69) is 34.3 Å². The molecular weight excluding hydrogens is 324 g/mol. The first-order valence-electron chi connectivity index (χ1n) is 7.68. The van der Waals surface area contributed by atoms with E-state index in [0.717, 1.165) is 5.56 Å². The number of nitrogens with one attached hydrogen (secondary N) is 1. The van der Waals surface area contributed by atoms with Gasteiger partial charge in [-0.1, -0.05) is 19.0 Å². The fourth-order valence-corrected chi connectivity index (χ4v) is 3.05. The molecule has 0 aliphatic heterocycles. The van der Waals surface area contributed by atoms with Crippen LogP contribution in [0.2, 0.25) is 0 Å². The predicted molar refractivity (Wildman–Crippen MR) is 91.8 cm³/mol. The van der Waals surface area contributed by atoms with Gasteiger partial charge in [-0.15, -0.1) is 11.3 Å². The highest BCUT2D eigenvalue weighted by Crippen LogP contribution is 2.24. The smallest absolute Gasteiger partial charge is 0.252 e. The average molecular weight is 342 g/mol. The van der Waals surface area contributed by atoms with Crippen molar-refractivity contribution in [3.8, 4) is 11.4 Å². The molecule has 0 bridgehead atoms. The summed E-state index contributed by atoms with van der Waals surface area (Å²) in [4.78, 5) is 21.8. The zero-order chi connectivity index (χ0) is 17.1. The third-order valence-corrected chi connectivity index (χ3v) is 4.78. The van der Waals surface area contributed by atoms with Crippen molar-refractivity contribution in [3.63, 3.8) is 0 Å². The Bertz CT molecular complexity index is 826. The van der Waals surface area contributed by atoms with Crippen LogP contribution in [0, 0.1) is 0 Å². The van der Waals surface area contributed by atoms with Gasteiger partial charge in [0.25, 0.3) is 5.91 Å². The van der Waals surface area contributed by atoms with E-state index in [1.54, 1.807) is 35.9 Å². The average Bonchev–Trinajstić information content (AvgIpc) is 3.25. The maximum absolute atomic E-state index is 12.3. The van der Waals surface area contributed by atoms with Gasteiger partial charge in [0, 0.05) is 28.2 Å². The Morgan fingerprint density at radius 3 is 2.67 bits per heavy atom. The molecule has 0 unspecified atom stereocenters. The van der Waals surface area contributed by atoms with Gasteiger partial charge in [-0.2, -0.15) is 4.98 Å². The number of amides is 1. The van der Waals surface area contributed by atoms with Crippen molar-refractivity contribution in [2.24, 2.45) is 0 Å². The second-order valence-electron chi connectivity index (χ2n) is 5.78. The molecule has 24 heavy (non-hydrogen) atoms. The molecule has 0 aliphatic carbocycles. The highest BCUT2D eigenvalue weighted by molar-refractivity contribution is 7.10. The van der Waals surface area contributed by atoms with Gasteiger partial charge < -0.3 is 9.84 Å². The molecule has 1 atom stereocenters. The number of aromatic nitrogens is 3. The minimum atomic E-state index is -0.372. The lowest BCUT2D eigenvalue weighted by molar-refractivity contribution is 0.0933. The Kier molecular flexibility index (Phi) is 4.71. The van der Waals surface area contributed by atoms with Crippen LogP contribution >= 0.6 is 11.3 Å². The van der Waals surface area contributed by atoms with Crippen molar-refractivity contribution >= 4 is 17.2 Å². The molecule has 0 fully saturated rings. The summed E-state index contributed by atoms with van der Waals surface area (Å²) in [6, 6.07) is 5.16. The zero-order valence-electron chi connectivity index (χ0n) is 13.7. The Morgan fingerprint density at radius 2 is 2.00 bits per heavy atom. The number of carbonyl (C=O) groups excluding carboxylic acids is 1. The molecule has 0 spiro atoms. The first-order chi connectivity index (χ1) is 11.5. The number of hydrogen-bond donors (Lipinski definition) is 1. The van der Waals surface area contributed by atoms with Crippen LogP contribution in [0.3, 0.4) is 0 Å². The van der Waals surface area contributed by atoms with E-state index in [1.165, 1.54) is 4.88 Å². The summed E-state index contributed by atoms with van der Waals surface area (Å²) in [6.07, 6.45) is 3.33. The highest BCUT2D eigenvalue weighted by atomic mass is 32.1. The Hall–Kier alpha value is -2.54. The molecule has 1 N–H and O–H groups in total. The maximum Gasteiger partial charge on any atom is 0.252 e. The molecule has 6 nitrogen and oxygen atoms in total. The molecule has 0 aromatic carbocycles. The minimum absolute atomic E-state index is 0.144. The number of rotatable bonds is 5. The first-order valence-corrected chi connectivity index (χ1v) is 8.56. The first kappa shape index (κ1) is 16.3. The molecule has 124 valence electrons. The molecule has 3 aromatic heterocycles. The second kappa shape index (κ2) is 6.92. The molecule has 3 heterocycles. The maximum atomic E-state index is 12.3. The summed E-state index contributed by atoms with van der Waals surface area (Å²) in [7, 11) is 0. The fourth-order valence-electron chi connectivity index (χ4n) is 2.15. The summed E-state index contributed by atoms with van der Waals surface area (Å²) in [5.74, 6) is 1.11. The van der Waals surface area contributed by atoms with Crippen LogP contribution < -0.4 is 5.32 Å². The van der Waals surface area contributed by atoms with E-state index >= 15 is 0 Å². The number of hydrogen-bond acceptors (Lipinski definition) is 6. The van der Waals surface area contributed by atoms with Crippen LogP contribution in [0.25, 0.3) is 11.4 Å². The molecular formula is C17H18N4O2S. The van der Waals surface area contributed by atoms with Crippen LogP contribution in [-0.4, -0.2) is 21.0 Å². The van der Waals surface area contributed by atoms with Gasteiger partial charge in [0.2, 0.25) is 11.7 Å². The molecule has 7 heteroatoms. The lowest BCUT2D eigenvalue weighted by Gasteiger charge is -2.08. The van der Waals surface area contributed by atoms with Gasteiger partial charge in [-0.3, -0.25) is 9.78 Å². The van der Waals surface area contributed by atoms with E-state index in [-0.39, 0.29) is 11.9 Å². The van der Waals surface area contributed by atoms with Crippen LogP contribution in [0.4, 0.5) is 0 Å². The van der Waals surface area contributed by atoms with Gasteiger partial charge >= 0.3 is 0 Å². The molecule has 0 radical (unpaired) electrons. The zero-order valence-corrected chi connectivity index (χ0v) is 14.5. The van der Waals surface area contributed by atoms with Crippen LogP contribution in [0.1, 0.15) is 53.9 Å². The highest BCUT2D eigenvalue weighted by Gasteiger charge is 2.19. The number of pyridine rings is 1. The van der Waals surface area contributed by atoms with E-state index < -0.39 is 0 Å². The van der Waals surface area contributed by atoms with E-state index in [4.69, 9.17) is 4.52 Å². The Morgan fingerprint density at radius 1 is 1.25 bits per heavy atom. The van der Waals surface area contributed by atoms with Crippen LogP contribution in [0.5, 0.6) is 0 Å². The topological polar surface area (TPSA) is 80.9 Å². The van der Waals surface area contributed by atoms with Crippen molar-refractivity contribution in [1.82, 2.24) is 20.4 Å². The van der Waals surface area contributed by atoms with Crippen molar-refractivity contribution in [3.05, 3.63) is 52.3 Å². The van der Waals surface area contributed by atoms with Crippen molar-refractivity contribution in [2.75, 3.05) is 0 Å². The molecule has 0 saturated carbocycles. The normalized spacial score (nSPS) is 12.3. The third-order valence-electron chi connectivity index (χ3n) is 3.55. The molecule has 3 rings (SSSR count). The third kappa shape index (κ3) is 3.51. The second-order valence-corrected chi connectivity index (χ2v) is 6.72. The van der Waals surface area contributed by atoms with Crippen LogP contribution in [-0.2, 0) is 0 Å². The summed E-state index contributed by atoms with van der Waals surface area (Å²) in [5, 5.41) is 8.71. The molecule has 0 aliphatic rings. The van der Waals surface area contributed by atoms with Gasteiger partial charge in [0.05, 0.1) is 5.56 Å². The molecule has 1 amide bonds. The SMILES string of the molecule is CC(C)c1cc(C(=O)N[C@@H](C)c2nc(-c3ccncc3)no2)cs1. The summed E-state index contributed by atoms with van der Waals surface area (Å²) >= 11 is 1.59. The largest absolute Gasteiger partial charge is 0.340 e. The summed E-state index contributed by atoms with van der Waals surface area (Å²) in [5.41, 5.74) is 1.47. The monoisotopic (exact) mass is 342 g/mol. The fraction of sp³-hybridized carbons (Fsp3) is 0.294.